The van der Waals surface area contributed by atoms with Gasteiger partial charge in [0.2, 0.25) is 0 Å². The van der Waals surface area contributed by atoms with Crippen molar-refractivity contribution < 1.29 is 42.1 Å². The Bertz CT molecular complexity index is 1370. The number of carbonyl (C=O) groups excluding carboxylic acids is 2. The fourth-order valence-electron chi connectivity index (χ4n) is 8.06. The van der Waals surface area contributed by atoms with Gasteiger partial charge in [-0.3, -0.25) is 18.6 Å². The average Bonchev–Trinajstić information content (AvgIpc) is 3.32. The molecule has 0 rings (SSSR count). The molecule has 0 fully saturated rings. The Morgan fingerprint density at radius 1 is 0.457 bits per heavy atom. The first-order valence-corrected chi connectivity index (χ1v) is 30.5. The van der Waals surface area contributed by atoms with E-state index < -0.39 is 26.5 Å². The number of nitrogens with zero attached hydrogens (tertiary/aromatic N) is 1. The number of likely N-dealkylation sites (N-methyl/N-ethyl adjacent to an activating group) is 1. The lowest BCUT2D eigenvalue weighted by Gasteiger charge is -2.24. The van der Waals surface area contributed by atoms with Crippen LogP contribution in [0.1, 0.15) is 258 Å². The fraction of sp³-hybridized carbons (Fsp3) is 0.800. The van der Waals surface area contributed by atoms with Gasteiger partial charge in [0.25, 0.3) is 0 Å². The SMILES string of the molecule is CC/C=C\C/C=C\C/C=C\C/C=C\CCCCCCCCCCC(=O)OC(COC(=O)CCCCCCCCCCCCCCC/C=C\CCCCCCCCCC)COP(=O)(O)OCC[N+](C)(C)C. The summed E-state index contributed by atoms with van der Waals surface area (Å²) >= 11 is 0. The highest BCUT2D eigenvalue weighted by Crippen LogP contribution is 2.43. The van der Waals surface area contributed by atoms with Crippen LogP contribution in [0.4, 0.5) is 0 Å². The molecular weight excluding hydrogens is 894 g/mol. The van der Waals surface area contributed by atoms with E-state index in [1.165, 1.54) is 154 Å². The number of hydrogen-bond donors (Lipinski definition) is 1. The predicted molar refractivity (Wildman–Crippen MR) is 298 cm³/mol. The van der Waals surface area contributed by atoms with E-state index >= 15 is 0 Å². The molecule has 1 N–H and O–H groups in total. The fourth-order valence-corrected chi connectivity index (χ4v) is 8.80. The number of phosphoric acid groups is 1. The molecule has 0 heterocycles. The zero-order chi connectivity index (χ0) is 51.3. The van der Waals surface area contributed by atoms with E-state index in [4.69, 9.17) is 18.5 Å². The van der Waals surface area contributed by atoms with Crippen molar-refractivity contribution in [2.24, 2.45) is 0 Å². The third-order valence-corrected chi connectivity index (χ3v) is 13.5. The number of esters is 2. The van der Waals surface area contributed by atoms with Gasteiger partial charge in [0, 0.05) is 12.8 Å². The van der Waals surface area contributed by atoms with Gasteiger partial charge < -0.3 is 18.9 Å². The molecule has 0 bridgehead atoms. The number of ether oxygens (including phenoxy) is 2. The molecular formula is C60H111NO8P+. The minimum atomic E-state index is -4.39. The van der Waals surface area contributed by atoms with Crippen molar-refractivity contribution in [3.8, 4) is 0 Å². The molecule has 2 atom stereocenters. The van der Waals surface area contributed by atoms with E-state index in [1.54, 1.807) is 0 Å². The van der Waals surface area contributed by atoms with Gasteiger partial charge in [-0.15, -0.1) is 0 Å². The molecule has 0 aliphatic carbocycles. The zero-order valence-corrected chi connectivity index (χ0v) is 47.1. The van der Waals surface area contributed by atoms with E-state index in [0.29, 0.717) is 17.4 Å². The minimum Gasteiger partial charge on any atom is -0.462 e. The summed E-state index contributed by atoms with van der Waals surface area (Å²) < 4.78 is 34.6. The number of phosphoric ester groups is 1. The molecule has 0 aliphatic heterocycles. The number of hydrogen-bond acceptors (Lipinski definition) is 7. The van der Waals surface area contributed by atoms with Crippen LogP contribution in [-0.4, -0.2) is 74.9 Å². The summed E-state index contributed by atoms with van der Waals surface area (Å²) in [7, 11) is 1.47. The first-order chi connectivity index (χ1) is 34.0. The maximum Gasteiger partial charge on any atom is 0.472 e. The molecule has 9 nitrogen and oxygen atoms in total. The second-order valence-corrected chi connectivity index (χ2v) is 22.1. The second kappa shape index (κ2) is 51.6. The lowest BCUT2D eigenvalue weighted by Crippen LogP contribution is -2.37. The van der Waals surface area contributed by atoms with Crippen molar-refractivity contribution in [2.75, 3.05) is 47.5 Å². The Morgan fingerprint density at radius 2 is 0.814 bits per heavy atom. The summed E-state index contributed by atoms with van der Waals surface area (Å²) in [6, 6.07) is 0. The number of carbonyl (C=O) groups is 2. The van der Waals surface area contributed by atoms with E-state index in [9.17, 15) is 19.0 Å². The molecule has 0 spiro atoms. The van der Waals surface area contributed by atoms with Crippen LogP contribution in [0.3, 0.4) is 0 Å². The monoisotopic (exact) mass is 1000 g/mol. The summed E-state index contributed by atoms with van der Waals surface area (Å²) in [6.07, 6.45) is 65.7. The maximum atomic E-state index is 12.8. The van der Waals surface area contributed by atoms with Crippen LogP contribution in [0.25, 0.3) is 0 Å². The predicted octanol–water partition coefficient (Wildman–Crippen LogP) is 17.9. The Labute approximate surface area is 432 Å². The van der Waals surface area contributed by atoms with Gasteiger partial charge in [-0.25, -0.2) is 4.57 Å². The second-order valence-electron chi connectivity index (χ2n) is 20.6. The summed E-state index contributed by atoms with van der Waals surface area (Å²) in [4.78, 5) is 35.7. The van der Waals surface area contributed by atoms with Gasteiger partial charge in [-0.05, 0) is 77.0 Å². The van der Waals surface area contributed by atoms with Gasteiger partial charge >= 0.3 is 19.8 Å². The molecule has 0 amide bonds. The molecule has 408 valence electrons. The first kappa shape index (κ1) is 67.7. The normalized spacial score (nSPS) is 13.7. The highest BCUT2D eigenvalue weighted by Gasteiger charge is 2.27. The Morgan fingerprint density at radius 3 is 1.23 bits per heavy atom. The van der Waals surface area contributed by atoms with E-state index in [0.717, 1.165) is 70.6 Å². The van der Waals surface area contributed by atoms with Crippen molar-refractivity contribution in [1.29, 1.82) is 0 Å². The van der Waals surface area contributed by atoms with Gasteiger partial charge in [0.05, 0.1) is 27.7 Å². The van der Waals surface area contributed by atoms with Crippen molar-refractivity contribution >= 4 is 19.8 Å². The Hall–Kier alpha value is -2.29. The highest BCUT2D eigenvalue weighted by atomic mass is 31.2. The largest absolute Gasteiger partial charge is 0.472 e. The zero-order valence-electron chi connectivity index (χ0n) is 46.2. The van der Waals surface area contributed by atoms with E-state index in [-0.39, 0.29) is 32.0 Å². The minimum absolute atomic E-state index is 0.0286. The lowest BCUT2D eigenvalue weighted by molar-refractivity contribution is -0.870. The molecule has 0 saturated heterocycles. The van der Waals surface area contributed by atoms with E-state index in [1.807, 2.05) is 21.1 Å². The van der Waals surface area contributed by atoms with E-state index in [2.05, 4.69) is 74.6 Å². The smallest absolute Gasteiger partial charge is 0.462 e. The van der Waals surface area contributed by atoms with Gasteiger partial charge in [0.1, 0.15) is 19.8 Å². The van der Waals surface area contributed by atoms with Crippen molar-refractivity contribution in [1.82, 2.24) is 0 Å². The first-order valence-electron chi connectivity index (χ1n) is 29.0. The van der Waals surface area contributed by atoms with Crippen LogP contribution in [0.2, 0.25) is 0 Å². The Kier molecular flexibility index (Phi) is 49.9. The molecule has 70 heavy (non-hydrogen) atoms. The third kappa shape index (κ3) is 55.0. The average molecular weight is 1010 g/mol. The molecule has 2 unspecified atom stereocenters. The molecule has 0 aromatic carbocycles. The molecule has 0 saturated carbocycles. The number of quaternary nitrogens is 1. The molecule has 0 aromatic rings. The van der Waals surface area contributed by atoms with Crippen molar-refractivity contribution in [2.45, 2.75) is 264 Å². The van der Waals surface area contributed by atoms with Crippen LogP contribution >= 0.6 is 7.82 Å². The van der Waals surface area contributed by atoms with Crippen molar-refractivity contribution in [3.63, 3.8) is 0 Å². The summed E-state index contributed by atoms with van der Waals surface area (Å²) in [5, 5.41) is 0. The van der Waals surface area contributed by atoms with Crippen LogP contribution in [0, 0.1) is 0 Å². The summed E-state index contributed by atoms with van der Waals surface area (Å²) in [5.41, 5.74) is 0. The third-order valence-electron chi connectivity index (χ3n) is 12.5. The maximum absolute atomic E-state index is 12.8. The Balaban J connectivity index is 4.16. The van der Waals surface area contributed by atoms with Gasteiger partial charge in [-0.1, -0.05) is 229 Å². The van der Waals surface area contributed by atoms with Crippen LogP contribution in [0.15, 0.2) is 60.8 Å². The van der Waals surface area contributed by atoms with Crippen LogP contribution in [-0.2, 0) is 32.7 Å². The van der Waals surface area contributed by atoms with Crippen LogP contribution < -0.4 is 0 Å². The number of allylic oxidation sites excluding steroid dienone is 10. The topological polar surface area (TPSA) is 108 Å². The molecule has 0 aromatic heterocycles. The molecule has 0 radical (unpaired) electrons. The molecule has 10 heteroatoms. The standard InChI is InChI=1S/C60H110NO8P/c1-6-8-10-12-14-16-18-20-22-24-26-28-29-30-31-33-34-36-38-40-42-44-46-48-50-52-59(62)66-56-58(57-68-70(64,65)67-55-54-61(3,4)5)69-60(63)53-51-49-47-45-43-41-39-37-35-32-27-25-23-21-19-17-15-13-11-9-7-2/h9,11,15,17,21,23-24,26-27,32,58H,6-8,10,12-14,16,18-20,22,25,28-31,33-57H2,1-5H3/p+1/b11-9-,17-15-,23-21-,26-24-,32-27-. The number of rotatable bonds is 53. The van der Waals surface area contributed by atoms with Crippen molar-refractivity contribution in [3.05, 3.63) is 60.8 Å². The summed E-state index contributed by atoms with van der Waals surface area (Å²) in [5.74, 6) is -0.801. The van der Waals surface area contributed by atoms with Gasteiger partial charge in [-0.2, -0.15) is 0 Å². The van der Waals surface area contributed by atoms with Gasteiger partial charge in [0.15, 0.2) is 6.10 Å². The lowest BCUT2D eigenvalue weighted by atomic mass is 10.0. The summed E-state index contributed by atoms with van der Waals surface area (Å²) in [6.45, 7) is 4.33. The van der Waals surface area contributed by atoms with Crippen LogP contribution in [0.5, 0.6) is 0 Å². The molecule has 0 aliphatic rings. The number of unbranched alkanes of at least 4 members (excludes halogenated alkanes) is 29. The quantitative estimate of drug-likeness (QED) is 0.0211. The highest BCUT2D eigenvalue weighted by molar-refractivity contribution is 7.47.